The van der Waals surface area contributed by atoms with E-state index < -0.39 is 10.0 Å². The Balaban J connectivity index is 1.63. The summed E-state index contributed by atoms with van der Waals surface area (Å²) in [6, 6.07) is 17.3. The maximum atomic E-state index is 12.8. The summed E-state index contributed by atoms with van der Waals surface area (Å²) in [4.78, 5) is 4.67. The summed E-state index contributed by atoms with van der Waals surface area (Å²) >= 11 is 1.59. The first-order chi connectivity index (χ1) is 12.1. The van der Waals surface area contributed by atoms with Crippen molar-refractivity contribution < 1.29 is 8.42 Å². The van der Waals surface area contributed by atoms with E-state index in [2.05, 4.69) is 4.98 Å². The number of rotatable bonds is 4. The van der Waals surface area contributed by atoms with E-state index in [9.17, 15) is 8.42 Å². The van der Waals surface area contributed by atoms with E-state index >= 15 is 0 Å². The first-order valence-electron chi connectivity index (χ1n) is 8.24. The lowest BCUT2D eigenvalue weighted by atomic mass is 10.2. The summed E-state index contributed by atoms with van der Waals surface area (Å²) in [7, 11) is -3.47. The minimum atomic E-state index is -3.47. The molecule has 128 valence electrons. The Labute approximate surface area is 151 Å². The number of sulfonamides is 1. The largest absolute Gasteiger partial charge is 0.239 e. The summed E-state index contributed by atoms with van der Waals surface area (Å²) < 4.78 is 28.3. The molecule has 0 amide bonds. The molecule has 6 heteroatoms. The van der Waals surface area contributed by atoms with Crippen LogP contribution in [0.4, 0.5) is 0 Å². The molecule has 3 aromatic rings. The van der Waals surface area contributed by atoms with Crippen LogP contribution in [0.2, 0.25) is 0 Å². The average Bonchev–Trinajstić information content (AvgIpc) is 3.27. The minimum absolute atomic E-state index is 0.164. The summed E-state index contributed by atoms with van der Waals surface area (Å²) in [5.41, 5.74) is 1.81. The quantitative estimate of drug-likeness (QED) is 0.682. The van der Waals surface area contributed by atoms with Crippen LogP contribution in [0, 0.1) is 0 Å². The van der Waals surface area contributed by atoms with Crippen LogP contribution >= 0.6 is 11.3 Å². The van der Waals surface area contributed by atoms with E-state index in [1.807, 2.05) is 54.6 Å². The summed E-state index contributed by atoms with van der Waals surface area (Å²) in [5.74, 6) is 0. The molecule has 0 N–H and O–H groups in total. The summed E-state index contributed by atoms with van der Waals surface area (Å²) in [6.45, 7) is 0.544. The second-order valence-electron chi connectivity index (χ2n) is 6.05. The predicted molar refractivity (Wildman–Crippen MR) is 103 cm³/mol. The molecule has 1 saturated heterocycles. The molecule has 1 aliphatic rings. The Hall–Kier alpha value is -2.02. The van der Waals surface area contributed by atoms with Gasteiger partial charge in [-0.3, -0.25) is 0 Å². The molecule has 1 aromatic heterocycles. The van der Waals surface area contributed by atoms with Gasteiger partial charge in [-0.25, -0.2) is 13.4 Å². The van der Waals surface area contributed by atoms with E-state index in [0.717, 1.165) is 33.6 Å². The molecule has 1 atom stereocenters. The van der Waals surface area contributed by atoms with Crippen molar-refractivity contribution in [1.29, 1.82) is 0 Å². The molecule has 0 spiro atoms. The zero-order chi connectivity index (χ0) is 17.3. The van der Waals surface area contributed by atoms with Crippen LogP contribution in [-0.4, -0.2) is 24.3 Å². The molecule has 0 bridgehead atoms. The number of hydrogen-bond acceptors (Lipinski definition) is 4. The number of nitrogens with zero attached hydrogens (tertiary/aromatic N) is 2. The maximum Gasteiger partial charge on any atom is 0.236 e. The number of hydrogen-bond donors (Lipinski definition) is 0. The van der Waals surface area contributed by atoms with E-state index in [-0.39, 0.29) is 6.04 Å². The second-order valence-corrected chi connectivity index (χ2v) is 8.88. The lowest BCUT2D eigenvalue weighted by molar-refractivity contribution is 0.402. The van der Waals surface area contributed by atoms with Gasteiger partial charge in [0, 0.05) is 12.0 Å². The fourth-order valence-electron chi connectivity index (χ4n) is 3.13. The molecule has 2 heterocycles. The van der Waals surface area contributed by atoms with Gasteiger partial charge >= 0.3 is 0 Å². The van der Waals surface area contributed by atoms with Gasteiger partial charge in [-0.2, -0.15) is 4.31 Å². The molecule has 1 unspecified atom stereocenters. The monoisotopic (exact) mass is 370 g/mol. The standard InChI is InChI=1S/C19H18N2O2S2/c22-25(23,14-12-15-7-2-1-3-8-15)21-13-6-10-17(21)19-20-16-9-4-5-11-18(16)24-19/h1-5,7-9,11-12,14,17H,6,10,13H2. The smallest absolute Gasteiger partial charge is 0.236 e. The molecule has 25 heavy (non-hydrogen) atoms. The van der Waals surface area contributed by atoms with Crippen LogP contribution in [0.3, 0.4) is 0 Å². The number of aromatic nitrogens is 1. The normalized spacial score (nSPS) is 19.1. The average molecular weight is 370 g/mol. The Kier molecular flexibility index (Phi) is 4.41. The van der Waals surface area contributed by atoms with E-state index in [1.165, 1.54) is 5.41 Å². The maximum absolute atomic E-state index is 12.8. The topological polar surface area (TPSA) is 50.3 Å². The lowest BCUT2D eigenvalue weighted by Crippen LogP contribution is -2.28. The first-order valence-corrected chi connectivity index (χ1v) is 10.6. The fourth-order valence-corrected chi connectivity index (χ4v) is 5.74. The van der Waals surface area contributed by atoms with Gasteiger partial charge in [0.1, 0.15) is 5.01 Å². The van der Waals surface area contributed by atoms with Crippen LogP contribution < -0.4 is 0 Å². The van der Waals surface area contributed by atoms with Crippen molar-refractivity contribution in [2.75, 3.05) is 6.54 Å². The van der Waals surface area contributed by atoms with Crippen molar-refractivity contribution >= 4 is 37.7 Å². The highest BCUT2D eigenvalue weighted by Gasteiger charge is 2.35. The van der Waals surface area contributed by atoms with Gasteiger partial charge in [0.15, 0.2) is 0 Å². The molecule has 0 radical (unpaired) electrons. The van der Waals surface area contributed by atoms with Crippen molar-refractivity contribution in [2.45, 2.75) is 18.9 Å². The summed E-state index contributed by atoms with van der Waals surface area (Å²) in [6.07, 6.45) is 3.33. The minimum Gasteiger partial charge on any atom is -0.239 e. The molecule has 4 nitrogen and oxygen atoms in total. The van der Waals surface area contributed by atoms with Crippen molar-refractivity contribution in [1.82, 2.24) is 9.29 Å². The zero-order valence-electron chi connectivity index (χ0n) is 13.6. The van der Waals surface area contributed by atoms with Crippen molar-refractivity contribution in [2.24, 2.45) is 0 Å². The fraction of sp³-hybridized carbons (Fsp3) is 0.211. The van der Waals surface area contributed by atoms with E-state index in [4.69, 9.17) is 0 Å². The van der Waals surface area contributed by atoms with E-state index in [1.54, 1.807) is 21.7 Å². The first kappa shape index (κ1) is 16.4. The Morgan fingerprint density at radius 1 is 1.08 bits per heavy atom. The van der Waals surface area contributed by atoms with Crippen LogP contribution in [0.25, 0.3) is 16.3 Å². The van der Waals surface area contributed by atoms with Crippen LogP contribution in [0.5, 0.6) is 0 Å². The van der Waals surface area contributed by atoms with Crippen molar-refractivity contribution in [3.63, 3.8) is 0 Å². The van der Waals surface area contributed by atoms with Crippen LogP contribution in [0.15, 0.2) is 60.0 Å². The van der Waals surface area contributed by atoms with Gasteiger partial charge in [0.2, 0.25) is 10.0 Å². The van der Waals surface area contributed by atoms with Crippen molar-refractivity contribution in [3.05, 3.63) is 70.6 Å². The Morgan fingerprint density at radius 2 is 1.84 bits per heavy atom. The molecule has 2 aromatic carbocycles. The predicted octanol–water partition coefficient (Wildman–Crippen LogP) is 4.43. The van der Waals surface area contributed by atoms with Gasteiger partial charge in [-0.1, -0.05) is 42.5 Å². The molecule has 0 aliphatic carbocycles. The molecule has 1 fully saturated rings. The molecule has 4 rings (SSSR count). The molecular weight excluding hydrogens is 352 g/mol. The number of para-hydroxylation sites is 1. The lowest BCUT2D eigenvalue weighted by Gasteiger charge is -2.20. The summed E-state index contributed by atoms with van der Waals surface area (Å²) in [5, 5.41) is 2.20. The number of thiazole rings is 1. The van der Waals surface area contributed by atoms with Gasteiger partial charge in [0.05, 0.1) is 16.3 Å². The zero-order valence-corrected chi connectivity index (χ0v) is 15.2. The van der Waals surface area contributed by atoms with E-state index in [0.29, 0.717) is 6.54 Å². The van der Waals surface area contributed by atoms with Gasteiger partial charge in [-0.15, -0.1) is 11.3 Å². The second kappa shape index (κ2) is 6.71. The molecule has 1 aliphatic heterocycles. The Morgan fingerprint density at radius 3 is 2.64 bits per heavy atom. The van der Waals surface area contributed by atoms with Gasteiger partial charge < -0.3 is 0 Å². The van der Waals surface area contributed by atoms with Gasteiger partial charge in [0.25, 0.3) is 0 Å². The third kappa shape index (κ3) is 3.38. The highest BCUT2D eigenvalue weighted by molar-refractivity contribution is 7.92. The highest BCUT2D eigenvalue weighted by Crippen LogP contribution is 2.38. The molecule has 0 saturated carbocycles. The van der Waals surface area contributed by atoms with Gasteiger partial charge in [-0.05, 0) is 36.6 Å². The third-order valence-electron chi connectivity index (χ3n) is 4.36. The Bertz CT molecular complexity index is 977. The number of fused-ring (bicyclic) bond motifs is 1. The van der Waals surface area contributed by atoms with Crippen LogP contribution in [0.1, 0.15) is 29.5 Å². The molecular formula is C19H18N2O2S2. The highest BCUT2D eigenvalue weighted by atomic mass is 32.2. The third-order valence-corrected chi connectivity index (χ3v) is 7.07. The van der Waals surface area contributed by atoms with Crippen LogP contribution in [-0.2, 0) is 10.0 Å². The van der Waals surface area contributed by atoms with Crippen molar-refractivity contribution in [3.8, 4) is 0 Å². The SMILES string of the molecule is O=S(=O)(C=Cc1ccccc1)N1CCCC1c1nc2ccccc2s1. The number of benzene rings is 2.